The van der Waals surface area contributed by atoms with E-state index in [2.05, 4.69) is 5.32 Å². The zero-order valence-corrected chi connectivity index (χ0v) is 13.6. The molecule has 0 amide bonds. The van der Waals surface area contributed by atoms with Crippen molar-refractivity contribution < 1.29 is 4.39 Å². The van der Waals surface area contributed by atoms with E-state index in [1.165, 1.54) is 6.07 Å². The lowest BCUT2D eigenvalue weighted by Crippen LogP contribution is -2.23. The molecule has 0 saturated heterocycles. The zero-order chi connectivity index (χ0) is 15.4. The van der Waals surface area contributed by atoms with Crippen molar-refractivity contribution in [3.63, 3.8) is 0 Å². The first kappa shape index (κ1) is 16.3. The van der Waals surface area contributed by atoms with Crippen LogP contribution in [0.3, 0.4) is 0 Å². The molecule has 21 heavy (non-hydrogen) atoms. The Morgan fingerprint density at radius 1 is 1.14 bits per heavy atom. The second-order valence-electron chi connectivity index (χ2n) is 5.11. The largest absolute Gasteiger partial charge is 0.310 e. The molecule has 0 bridgehead atoms. The Balaban J connectivity index is 2.32. The molecule has 0 fully saturated rings. The molecule has 0 heterocycles. The maximum absolute atomic E-state index is 13.6. The minimum atomic E-state index is -0.218. The maximum atomic E-state index is 13.6. The average molecular weight is 326 g/mol. The van der Waals surface area contributed by atoms with Crippen LogP contribution in [-0.4, -0.2) is 6.54 Å². The highest BCUT2D eigenvalue weighted by atomic mass is 35.5. The third kappa shape index (κ3) is 4.44. The van der Waals surface area contributed by atoms with Crippen LogP contribution in [-0.2, 0) is 6.42 Å². The summed E-state index contributed by atoms with van der Waals surface area (Å²) in [4.78, 5) is 0. The minimum Gasteiger partial charge on any atom is -0.310 e. The van der Waals surface area contributed by atoms with Gasteiger partial charge in [0.15, 0.2) is 0 Å². The summed E-state index contributed by atoms with van der Waals surface area (Å²) in [6.07, 6.45) is 0.663. The number of hydrogen-bond donors (Lipinski definition) is 1. The summed E-state index contributed by atoms with van der Waals surface area (Å²) in [6.45, 7) is 4.71. The molecule has 1 unspecified atom stereocenters. The Bertz CT molecular complexity index is 608. The first-order valence-electron chi connectivity index (χ1n) is 6.94. The van der Waals surface area contributed by atoms with Crippen molar-refractivity contribution in [3.8, 4) is 0 Å². The van der Waals surface area contributed by atoms with Crippen LogP contribution in [0.2, 0.25) is 10.0 Å². The minimum absolute atomic E-state index is 0.000340. The number of nitrogens with one attached hydrogen (secondary N) is 1. The first-order chi connectivity index (χ1) is 9.99. The van der Waals surface area contributed by atoms with E-state index in [9.17, 15) is 4.39 Å². The van der Waals surface area contributed by atoms with Crippen molar-refractivity contribution in [1.29, 1.82) is 0 Å². The second kappa shape index (κ2) is 7.26. The molecule has 0 spiro atoms. The standard InChI is InChI=1S/C17H18Cl2FN/c1-3-21-17(13-6-11(2)7-15(20)9-13)10-12-8-14(18)4-5-16(12)19/h4-9,17,21H,3,10H2,1-2H3. The number of halogens is 3. The molecule has 2 rings (SSSR count). The van der Waals surface area contributed by atoms with Gasteiger partial charge < -0.3 is 5.32 Å². The van der Waals surface area contributed by atoms with Gasteiger partial charge in [-0.25, -0.2) is 4.39 Å². The molecule has 1 atom stereocenters. The predicted molar refractivity (Wildman–Crippen MR) is 87.7 cm³/mol. The van der Waals surface area contributed by atoms with Crippen LogP contribution in [0.4, 0.5) is 4.39 Å². The van der Waals surface area contributed by atoms with Gasteiger partial charge in [-0.2, -0.15) is 0 Å². The van der Waals surface area contributed by atoms with Gasteiger partial charge in [0, 0.05) is 16.1 Å². The lowest BCUT2D eigenvalue weighted by molar-refractivity contribution is 0.542. The fraction of sp³-hybridized carbons (Fsp3) is 0.294. The number of aryl methyl sites for hydroxylation is 1. The van der Waals surface area contributed by atoms with Crippen molar-refractivity contribution in [3.05, 3.63) is 69.0 Å². The summed E-state index contributed by atoms with van der Waals surface area (Å²) < 4.78 is 13.6. The fourth-order valence-electron chi connectivity index (χ4n) is 2.44. The molecule has 2 aromatic carbocycles. The van der Waals surface area contributed by atoms with Crippen LogP contribution in [0.15, 0.2) is 36.4 Å². The van der Waals surface area contributed by atoms with Crippen LogP contribution < -0.4 is 5.32 Å². The Labute approximate surface area is 135 Å². The van der Waals surface area contributed by atoms with Gasteiger partial charge in [0.25, 0.3) is 0 Å². The molecule has 0 aromatic heterocycles. The van der Waals surface area contributed by atoms with Crippen LogP contribution >= 0.6 is 23.2 Å². The molecule has 112 valence electrons. The normalized spacial score (nSPS) is 12.4. The highest BCUT2D eigenvalue weighted by Gasteiger charge is 2.15. The summed E-state index contributed by atoms with van der Waals surface area (Å²) in [7, 11) is 0. The van der Waals surface area contributed by atoms with Gasteiger partial charge in [0.2, 0.25) is 0 Å². The zero-order valence-electron chi connectivity index (χ0n) is 12.1. The number of benzene rings is 2. The molecule has 2 aromatic rings. The van der Waals surface area contributed by atoms with Crippen molar-refractivity contribution >= 4 is 23.2 Å². The van der Waals surface area contributed by atoms with E-state index in [-0.39, 0.29) is 11.9 Å². The molecular formula is C17H18Cl2FN. The van der Waals surface area contributed by atoms with Gasteiger partial charge in [-0.1, -0.05) is 36.2 Å². The van der Waals surface area contributed by atoms with Gasteiger partial charge in [-0.3, -0.25) is 0 Å². The summed E-state index contributed by atoms with van der Waals surface area (Å²) in [5.41, 5.74) is 2.78. The predicted octanol–water partition coefficient (Wildman–Crippen LogP) is 5.33. The van der Waals surface area contributed by atoms with Crippen molar-refractivity contribution in [2.24, 2.45) is 0 Å². The van der Waals surface area contributed by atoms with E-state index in [4.69, 9.17) is 23.2 Å². The van der Waals surface area contributed by atoms with Crippen molar-refractivity contribution in [2.75, 3.05) is 6.54 Å². The molecule has 0 aliphatic heterocycles. The van der Waals surface area contributed by atoms with Gasteiger partial charge >= 0.3 is 0 Å². The van der Waals surface area contributed by atoms with E-state index in [0.717, 1.165) is 23.2 Å². The number of rotatable bonds is 5. The first-order valence-corrected chi connectivity index (χ1v) is 7.69. The topological polar surface area (TPSA) is 12.0 Å². The van der Waals surface area contributed by atoms with Crippen molar-refractivity contribution in [1.82, 2.24) is 5.32 Å². The molecule has 4 heteroatoms. The van der Waals surface area contributed by atoms with Gasteiger partial charge in [0.05, 0.1) is 0 Å². The quantitative estimate of drug-likeness (QED) is 0.782. The van der Waals surface area contributed by atoms with E-state index in [1.807, 2.05) is 26.0 Å². The lowest BCUT2D eigenvalue weighted by Gasteiger charge is -2.20. The van der Waals surface area contributed by atoms with Crippen LogP contribution in [0.1, 0.15) is 29.7 Å². The number of likely N-dealkylation sites (N-methyl/N-ethyl adjacent to an activating group) is 1. The Kier molecular flexibility index (Phi) is 5.63. The third-order valence-corrected chi connectivity index (χ3v) is 3.95. The van der Waals surface area contributed by atoms with E-state index < -0.39 is 0 Å². The Morgan fingerprint density at radius 3 is 2.57 bits per heavy atom. The lowest BCUT2D eigenvalue weighted by atomic mass is 9.97. The summed E-state index contributed by atoms with van der Waals surface area (Å²) in [5, 5.41) is 4.71. The summed E-state index contributed by atoms with van der Waals surface area (Å²) in [5.74, 6) is -0.218. The van der Waals surface area contributed by atoms with Gasteiger partial charge in [-0.15, -0.1) is 0 Å². The number of hydrogen-bond acceptors (Lipinski definition) is 1. The molecule has 0 aliphatic carbocycles. The molecule has 1 nitrogen and oxygen atoms in total. The molecule has 1 N–H and O–H groups in total. The van der Waals surface area contributed by atoms with E-state index in [1.54, 1.807) is 18.2 Å². The fourth-order valence-corrected chi connectivity index (χ4v) is 2.83. The second-order valence-corrected chi connectivity index (χ2v) is 5.96. The molecule has 0 radical (unpaired) electrons. The van der Waals surface area contributed by atoms with E-state index in [0.29, 0.717) is 16.5 Å². The van der Waals surface area contributed by atoms with Gasteiger partial charge in [0.1, 0.15) is 5.82 Å². The highest BCUT2D eigenvalue weighted by Crippen LogP contribution is 2.27. The molecule has 0 aliphatic rings. The van der Waals surface area contributed by atoms with Crippen LogP contribution in [0.25, 0.3) is 0 Å². The third-order valence-electron chi connectivity index (χ3n) is 3.35. The average Bonchev–Trinajstić information content (AvgIpc) is 2.41. The van der Waals surface area contributed by atoms with Crippen LogP contribution in [0.5, 0.6) is 0 Å². The summed E-state index contributed by atoms with van der Waals surface area (Å²) in [6, 6.07) is 10.5. The molecular weight excluding hydrogens is 308 g/mol. The Hall–Kier alpha value is -1.09. The van der Waals surface area contributed by atoms with Crippen molar-refractivity contribution in [2.45, 2.75) is 26.3 Å². The Morgan fingerprint density at radius 2 is 1.90 bits per heavy atom. The maximum Gasteiger partial charge on any atom is 0.123 e. The van der Waals surface area contributed by atoms with E-state index >= 15 is 0 Å². The monoisotopic (exact) mass is 325 g/mol. The smallest absolute Gasteiger partial charge is 0.123 e. The molecule has 0 saturated carbocycles. The van der Waals surface area contributed by atoms with Crippen LogP contribution in [0, 0.1) is 12.7 Å². The SMILES string of the molecule is CCNC(Cc1cc(Cl)ccc1Cl)c1cc(C)cc(F)c1. The summed E-state index contributed by atoms with van der Waals surface area (Å²) >= 11 is 12.3. The highest BCUT2D eigenvalue weighted by molar-refractivity contribution is 6.33. The van der Waals surface area contributed by atoms with Gasteiger partial charge in [-0.05, 0) is 66.9 Å².